The van der Waals surface area contributed by atoms with Crippen molar-refractivity contribution >= 4 is 52.3 Å². The van der Waals surface area contributed by atoms with Crippen LogP contribution >= 0.6 is 46.4 Å². The quantitative estimate of drug-likeness (QED) is 0.0639. The Kier molecular flexibility index (Phi) is 12.7. The third-order valence-electron chi connectivity index (χ3n) is 9.39. The summed E-state index contributed by atoms with van der Waals surface area (Å²) in [6.45, 7) is 0. The van der Waals surface area contributed by atoms with Gasteiger partial charge in [0.25, 0.3) is 11.8 Å². The van der Waals surface area contributed by atoms with Gasteiger partial charge in [0.1, 0.15) is 34.1 Å². The molecule has 0 aliphatic rings. The molecule has 5 heterocycles. The van der Waals surface area contributed by atoms with Crippen LogP contribution in [0, 0.1) is 11.6 Å². The highest BCUT2D eigenvalue weighted by Crippen LogP contribution is 2.47. The Morgan fingerprint density at radius 1 is 0.642 bits per heavy atom. The molecule has 9 rings (SSSR count). The number of carbonyl (C=O) groups is 1. The normalized spacial score (nSPS) is 11.7. The summed E-state index contributed by atoms with van der Waals surface area (Å²) >= 11 is 24.1. The maximum absolute atomic E-state index is 14.7. The van der Waals surface area contributed by atoms with Crippen LogP contribution in [0.2, 0.25) is 20.1 Å². The summed E-state index contributed by atoms with van der Waals surface area (Å²) in [5.41, 5.74) is -3.66. The molecule has 26 heteroatoms. The van der Waals surface area contributed by atoms with Crippen LogP contribution in [0.15, 0.2) is 117 Å². The number of nitrogens with two attached hydrogens (primary N) is 1. The van der Waals surface area contributed by atoms with Gasteiger partial charge in [0.05, 0.1) is 56.1 Å². The first-order valence-electron chi connectivity index (χ1n) is 18.4. The molecular weight excluding hydrogens is 990 g/mol. The molecule has 0 atom stereocenters. The molecule has 0 aliphatic carbocycles. The monoisotopic (exact) mass is 1010 g/mol. The van der Waals surface area contributed by atoms with Gasteiger partial charge in [-0.3, -0.25) is 10.2 Å². The molecule has 4 aromatic carbocycles. The van der Waals surface area contributed by atoms with E-state index in [2.05, 4.69) is 30.7 Å². The lowest BCUT2D eigenvalue weighted by molar-refractivity contribution is -0.143. The first-order chi connectivity index (χ1) is 31.9. The molecule has 0 unspecified atom stereocenters. The summed E-state index contributed by atoms with van der Waals surface area (Å²) in [6, 6.07) is 18.8. The second-order valence-corrected chi connectivity index (χ2v) is 15.2. The number of alkyl halides is 6. The lowest BCUT2D eigenvalue weighted by Gasteiger charge is -2.12. The Balaban J connectivity index is 0.000000182. The summed E-state index contributed by atoms with van der Waals surface area (Å²) in [6.07, 6.45) is -7.10. The van der Waals surface area contributed by atoms with E-state index >= 15 is 0 Å². The molecule has 0 fully saturated rings. The number of benzene rings is 4. The van der Waals surface area contributed by atoms with E-state index in [1.54, 1.807) is 5.43 Å². The molecule has 0 aliphatic heterocycles. The van der Waals surface area contributed by atoms with E-state index in [4.69, 9.17) is 65.7 Å². The van der Waals surface area contributed by atoms with Crippen molar-refractivity contribution in [3.05, 3.63) is 152 Å². The van der Waals surface area contributed by atoms with Crippen molar-refractivity contribution in [2.24, 2.45) is 5.84 Å². The Hall–Kier alpha value is -7.11. The molecular formula is C41H20Cl4F8N10O4. The summed E-state index contributed by atoms with van der Waals surface area (Å²) in [7, 11) is 0. The number of amides is 1. The van der Waals surface area contributed by atoms with Gasteiger partial charge in [-0.25, -0.2) is 24.0 Å². The Bertz CT molecular complexity index is 3250. The van der Waals surface area contributed by atoms with Gasteiger partial charge in [-0.15, -0.1) is 10.2 Å². The summed E-state index contributed by atoms with van der Waals surface area (Å²) in [4.78, 5) is 12.5. The number of halogens is 12. The molecule has 0 bridgehead atoms. The highest BCUT2D eigenvalue weighted by molar-refractivity contribution is 6.34. The first kappa shape index (κ1) is 46.4. The minimum Gasteiger partial charge on any atom is -0.423 e. The zero-order chi connectivity index (χ0) is 47.9. The summed E-state index contributed by atoms with van der Waals surface area (Å²) in [5.74, 6) is 1.18. The minimum absolute atomic E-state index is 0.00258. The maximum Gasteiger partial charge on any atom is 0.434 e. The van der Waals surface area contributed by atoms with Crippen molar-refractivity contribution in [2.45, 2.75) is 12.4 Å². The van der Waals surface area contributed by atoms with E-state index < -0.39 is 75.2 Å². The number of nitrogens with zero attached hydrogens (tertiary/aromatic N) is 8. The average Bonchev–Trinajstić information content (AvgIpc) is 4.12. The fourth-order valence-electron chi connectivity index (χ4n) is 6.68. The predicted molar refractivity (Wildman–Crippen MR) is 224 cm³/mol. The number of carbonyl (C=O) groups excluding carboxylic acids is 1. The van der Waals surface area contributed by atoms with Crippen LogP contribution in [0.25, 0.3) is 68.0 Å². The second kappa shape index (κ2) is 18.3. The largest absolute Gasteiger partial charge is 0.434 e. The van der Waals surface area contributed by atoms with E-state index in [0.29, 0.717) is 9.36 Å². The van der Waals surface area contributed by atoms with Crippen molar-refractivity contribution in [3.8, 4) is 68.0 Å². The van der Waals surface area contributed by atoms with Crippen LogP contribution in [-0.2, 0) is 12.4 Å². The van der Waals surface area contributed by atoms with Crippen molar-refractivity contribution in [1.29, 1.82) is 0 Å². The minimum atomic E-state index is -4.95. The zero-order valence-corrected chi connectivity index (χ0v) is 35.7. The molecule has 67 heavy (non-hydrogen) atoms. The van der Waals surface area contributed by atoms with Crippen LogP contribution < -0.4 is 11.3 Å². The van der Waals surface area contributed by atoms with Crippen LogP contribution in [0.1, 0.15) is 21.7 Å². The number of rotatable bonds is 8. The number of nitrogen functional groups attached to an aromatic ring is 1. The number of nitrogens with one attached hydrogen (secondary N) is 1. The highest BCUT2D eigenvalue weighted by Gasteiger charge is 2.43. The van der Waals surface area contributed by atoms with Crippen molar-refractivity contribution in [2.75, 3.05) is 0 Å². The summed E-state index contributed by atoms with van der Waals surface area (Å²) in [5, 5.41) is 22.6. The molecule has 1 amide bonds. The van der Waals surface area contributed by atoms with Crippen LogP contribution in [0.5, 0.6) is 0 Å². The number of aromatic nitrogens is 8. The Morgan fingerprint density at radius 2 is 1.12 bits per heavy atom. The average molecular weight is 1010 g/mol. The predicted octanol–water partition coefficient (Wildman–Crippen LogP) is 12.0. The first-order valence-corrected chi connectivity index (χ1v) is 19.9. The van der Waals surface area contributed by atoms with Gasteiger partial charge in [-0.2, -0.15) is 36.5 Å². The molecule has 0 spiro atoms. The van der Waals surface area contributed by atoms with Gasteiger partial charge < -0.3 is 13.5 Å². The van der Waals surface area contributed by atoms with Crippen LogP contribution in [0.4, 0.5) is 35.1 Å². The zero-order valence-electron chi connectivity index (χ0n) is 32.6. The smallest absolute Gasteiger partial charge is 0.423 e. The molecule has 0 saturated carbocycles. The third kappa shape index (κ3) is 8.95. The van der Waals surface area contributed by atoms with E-state index in [-0.39, 0.29) is 59.7 Å². The van der Waals surface area contributed by atoms with Gasteiger partial charge in [0.2, 0.25) is 6.39 Å². The van der Waals surface area contributed by atoms with E-state index in [9.17, 15) is 39.9 Å². The Labute approximate surface area is 388 Å². The number of hydrazine groups is 1. The fourth-order valence-corrected chi connectivity index (χ4v) is 7.56. The second-order valence-electron chi connectivity index (χ2n) is 13.5. The van der Waals surface area contributed by atoms with Crippen LogP contribution in [0.3, 0.4) is 0 Å². The van der Waals surface area contributed by atoms with E-state index in [1.807, 2.05) is 0 Å². The molecule has 0 saturated heterocycles. The Morgan fingerprint density at radius 3 is 1.58 bits per heavy atom. The van der Waals surface area contributed by atoms with Crippen LogP contribution in [-0.4, -0.2) is 46.0 Å². The third-order valence-corrected chi connectivity index (χ3v) is 10.5. The van der Waals surface area contributed by atoms with Crippen molar-refractivity contribution < 1.29 is 53.4 Å². The van der Waals surface area contributed by atoms with Gasteiger partial charge in [-0.05, 0) is 60.7 Å². The van der Waals surface area contributed by atoms with E-state index in [0.717, 1.165) is 30.9 Å². The molecule has 3 N–H and O–H groups in total. The SMILES string of the molecule is Fc1cccc(Cl)c1-c1noc(-c2cnn(-c3cccc(Cl)c3)c2C(F)(F)F)c1-c1nnco1.NNC(=O)c1c(-c2c(F)cccc2Cl)noc1-c1cnn(-c2cccc(Cl)c2)c1C(F)(F)F. The van der Waals surface area contributed by atoms with Crippen molar-refractivity contribution in [3.63, 3.8) is 0 Å². The number of hydrogen-bond acceptors (Lipinski definition) is 11. The lowest BCUT2D eigenvalue weighted by atomic mass is 10.0. The molecule has 0 radical (unpaired) electrons. The van der Waals surface area contributed by atoms with Gasteiger partial charge in [0, 0.05) is 10.0 Å². The van der Waals surface area contributed by atoms with Crippen molar-refractivity contribution in [1.82, 2.24) is 45.5 Å². The fraction of sp³-hybridized carbons (Fsp3) is 0.0488. The standard InChI is InChI=1S/C21H9Cl2F4N5O2.C20H11Cl2F4N5O2/c22-10-3-1-4-11(7-10)32-19(21(25,26)27)12(8-29-32)18-16(20-30-28-9-33-20)17(31-34-18)15-13(23)5-2-6-14(15)24;21-9-3-1-4-10(7-9)31-18(20(24,25)26)11(8-28-31)17-15(19(32)29-27)16(30-33-17)14-12(22)5-2-6-13(14)23/h1-9H;1-8H,27H2,(H,29,32). The molecule has 342 valence electrons. The molecule has 9 aromatic rings. The topological polar surface area (TPSA) is 182 Å². The highest BCUT2D eigenvalue weighted by atomic mass is 35.5. The van der Waals surface area contributed by atoms with Gasteiger partial charge >= 0.3 is 12.4 Å². The summed E-state index contributed by atoms with van der Waals surface area (Å²) < 4.78 is 131. The molecule has 14 nitrogen and oxygen atoms in total. The molecule has 5 aromatic heterocycles. The maximum atomic E-state index is 14.7. The van der Waals surface area contributed by atoms with Gasteiger partial charge in [0.15, 0.2) is 22.9 Å². The number of hydrogen-bond donors (Lipinski definition) is 2. The van der Waals surface area contributed by atoms with Gasteiger partial charge in [-0.1, -0.05) is 81.0 Å². The lowest BCUT2D eigenvalue weighted by Crippen LogP contribution is -2.30. The van der Waals surface area contributed by atoms with E-state index in [1.165, 1.54) is 72.8 Å².